The van der Waals surface area contributed by atoms with Gasteiger partial charge in [-0.2, -0.15) is 0 Å². The van der Waals surface area contributed by atoms with E-state index in [1.54, 1.807) is 30.8 Å². The van der Waals surface area contributed by atoms with Crippen molar-refractivity contribution in [1.82, 2.24) is 14.7 Å². The monoisotopic (exact) mass is 339 g/mol. The first-order chi connectivity index (χ1) is 11.3. The number of carbonyl (C=O) groups is 2. The zero-order valence-electron chi connectivity index (χ0n) is 14.3. The maximum absolute atomic E-state index is 13.8. The van der Waals surface area contributed by atoms with Crippen LogP contribution < -0.4 is 0 Å². The van der Waals surface area contributed by atoms with E-state index < -0.39 is 11.6 Å². The van der Waals surface area contributed by atoms with Gasteiger partial charge in [0.25, 0.3) is 0 Å². The Morgan fingerprint density at radius 3 is 2.25 bits per heavy atom. The lowest BCUT2D eigenvalue weighted by Gasteiger charge is -2.36. The van der Waals surface area contributed by atoms with Crippen LogP contribution in [0.5, 0.6) is 0 Å². The van der Waals surface area contributed by atoms with E-state index in [4.69, 9.17) is 0 Å². The van der Waals surface area contributed by atoms with Crippen LogP contribution in [0.2, 0.25) is 0 Å². The number of piperazine rings is 1. The lowest BCUT2D eigenvalue weighted by Crippen LogP contribution is -2.53. The summed E-state index contributed by atoms with van der Waals surface area (Å²) in [4.78, 5) is 29.2. The number of nitrogens with zero attached hydrogens (tertiary/aromatic N) is 3. The fourth-order valence-electron chi connectivity index (χ4n) is 2.83. The third-order valence-corrected chi connectivity index (χ3v) is 4.26. The van der Waals surface area contributed by atoms with Crippen molar-refractivity contribution in [2.75, 3.05) is 40.3 Å². The van der Waals surface area contributed by atoms with E-state index in [1.165, 1.54) is 17.0 Å². The van der Waals surface area contributed by atoms with Gasteiger partial charge in [0.2, 0.25) is 5.91 Å². The first-order valence-corrected chi connectivity index (χ1v) is 7.98. The molecule has 1 aromatic carbocycles. The van der Waals surface area contributed by atoms with Crippen molar-refractivity contribution >= 4 is 11.9 Å². The first-order valence-electron chi connectivity index (χ1n) is 7.98. The third-order valence-electron chi connectivity index (χ3n) is 4.26. The molecule has 1 atom stereocenters. The summed E-state index contributed by atoms with van der Waals surface area (Å²) < 4.78 is 26.8. The van der Waals surface area contributed by atoms with Crippen molar-refractivity contribution in [1.29, 1.82) is 0 Å². The van der Waals surface area contributed by atoms with E-state index in [0.717, 1.165) is 6.07 Å². The van der Waals surface area contributed by atoms with Crippen LogP contribution in [0.25, 0.3) is 0 Å². The Balaban J connectivity index is 1.90. The molecular formula is C17H23F2N3O2. The Morgan fingerprint density at radius 2 is 1.71 bits per heavy atom. The van der Waals surface area contributed by atoms with Crippen LogP contribution in [0, 0.1) is 11.6 Å². The smallest absolute Gasteiger partial charge is 0.319 e. The Labute approximate surface area is 140 Å². The molecule has 2 rings (SSSR count). The summed E-state index contributed by atoms with van der Waals surface area (Å²) in [6.45, 7) is 3.66. The normalized spacial score (nSPS) is 16.0. The van der Waals surface area contributed by atoms with Crippen molar-refractivity contribution in [3.05, 3.63) is 35.4 Å². The van der Waals surface area contributed by atoms with Gasteiger partial charge in [-0.25, -0.2) is 13.6 Å². The fraction of sp³-hybridized carbons (Fsp3) is 0.529. The predicted octanol–water partition coefficient (Wildman–Crippen LogP) is 2.28. The first kappa shape index (κ1) is 18.2. The molecule has 0 spiro atoms. The number of amides is 3. The number of hydrogen-bond donors (Lipinski definition) is 0. The molecule has 1 saturated heterocycles. The van der Waals surface area contributed by atoms with Crippen LogP contribution in [0.3, 0.4) is 0 Å². The summed E-state index contributed by atoms with van der Waals surface area (Å²) in [6.07, 6.45) is 0.157. The quantitative estimate of drug-likeness (QED) is 0.848. The minimum atomic E-state index is -0.628. The summed E-state index contributed by atoms with van der Waals surface area (Å²) in [6, 6.07) is 3.35. The van der Waals surface area contributed by atoms with Crippen molar-refractivity contribution in [2.45, 2.75) is 19.3 Å². The number of rotatable bonds is 3. The number of urea groups is 1. The molecule has 1 unspecified atom stereocenters. The van der Waals surface area contributed by atoms with Gasteiger partial charge in [-0.05, 0) is 17.5 Å². The number of hydrogen-bond acceptors (Lipinski definition) is 2. The van der Waals surface area contributed by atoms with Crippen LogP contribution in [-0.2, 0) is 4.79 Å². The van der Waals surface area contributed by atoms with Crippen molar-refractivity contribution < 1.29 is 18.4 Å². The summed E-state index contributed by atoms with van der Waals surface area (Å²) >= 11 is 0. The average molecular weight is 339 g/mol. The van der Waals surface area contributed by atoms with Gasteiger partial charge in [-0.15, -0.1) is 0 Å². The Morgan fingerprint density at radius 1 is 1.12 bits per heavy atom. The highest BCUT2D eigenvalue weighted by Crippen LogP contribution is 2.24. The molecule has 1 aromatic rings. The van der Waals surface area contributed by atoms with Crippen LogP contribution in [0.15, 0.2) is 18.2 Å². The van der Waals surface area contributed by atoms with E-state index in [1.807, 2.05) is 0 Å². The molecular weight excluding hydrogens is 316 g/mol. The van der Waals surface area contributed by atoms with Gasteiger partial charge in [0.05, 0.1) is 0 Å². The van der Waals surface area contributed by atoms with Crippen LogP contribution in [0.4, 0.5) is 13.6 Å². The zero-order chi connectivity index (χ0) is 17.9. The average Bonchev–Trinajstić information content (AvgIpc) is 2.53. The van der Waals surface area contributed by atoms with E-state index >= 15 is 0 Å². The summed E-state index contributed by atoms with van der Waals surface area (Å²) in [5, 5.41) is 0. The number of carbonyl (C=O) groups excluding carboxylic acids is 2. The molecule has 7 heteroatoms. The van der Waals surface area contributed by atoms with Crippen LogP contribution in [0.1, 0.15) is 24.8 Å². The second-order valence-electron chi connectivity index (χ2n) is 6.32. The maximum Gasteiger partial charge on any atom is 0.319 e. The zero-order valence-corrected chi connectivity index (χ0v) is 14.3. The summed E-state index contributed by atoms with van der Waals surface area (Å²) in [5.74, 6) is -1.67. The molecule has 1 aliphatic heterocycles. The fourth-order valence-corrected chi connectivity index (χ4v) is 2.83. The minimum Gasteiger partial charge on any atom is -0.339 e. The van der Waals surface area contributed by atoms with Crippen LogP contribution >= 0.6 is 0 Å². The summed E-state index contributed by atoms with van der Waals surface area (Å²) in [7, 11) is 3.39. The Bertz CT molecular complexity index is 614. The summed E-state index contributed by atoms with van der Waals surface area (Å²) in [5.41, 5.74) is 0.339. The molecule has 1 heterocycles. The molecule has 0 radical (unpaired) electrons. The van der Waals surface area contributed by atoms with Crippen molar-refractivity contribution in [2.24, 2.45) is 0 Å². The van der Waals surface area contributed by atoms with E-state index in [9.17, 15) is 18.4 Å². The molecule has 1 fully saturated rings. The Hall–Kier alpha value is -2.18. The second-order valence-corrected chi connectivity index (χ2v) is 6.32. The van der Waals surface area contributed by atoms with Gasteiger partial charge in [0.15, 0.2) is 0 Å². The Kier molecular flexibility index (Phi) is 5.75. The second kappa shape index (κ2) is 7.59. The maximum atomic E-state index is 13.8. The lowest BCUT2D eigenvalue weighted by atomic mass is 9.96. The van der Waals surface area contributed by atoms with Gasteiger partial charge in [0.1, 0.15) is 11.6 Å². The molecule has 1 aliphatic rings. The van der Waals surface area contributed by atoms with Crippen molar-refractivity contribution in [3.63, 3.8) is 0 Å². The molecule has 24 heavy (non-hydrogen) atoms. The molecule has 132 valence electrons. The molecule has 5 nitrogen and oxygen atoms in total. The van der Waals surface area contributed by atoms with Gasteiger partial charge < -0.3 is 14.7 Å². The highest BCUT2D eigenvalue weighted by molar-refractivity contribution is 5.78. The van der Waals surface area contributed by atoms with Crippen LogP contribution in [-0.4, -0.2) is 66.9 Å². The molecule has 0 N–H and O–H groups in total. The van der Waals surface area contributed by atoms with E-state index in [-0.39, 0.29) is 24.3 Å². The largest absolute Gasteiger partial charge is 0.339 e. The van der Waals surface area contributed by atoms with Gasteiger partial charge >= 0.3 is 6.03 Å². The van der Waals surface area contributed by atoms with E-state index in [0.29, 0.717) is 31.7 Å². The SMILES string of the molecule is CC(CC(=O)N1CCN(C(=O)N(C)C)CC1)c1ccc(F)cc1F. The number of benzene rings is 1. The lowest BCUT2D eigenvalue weighted by molar-refractivity contribution is -0.133. The highest BCUT2D eigenvalue weighted by Gasteiger charge is 2.26. The highest BCUT2D eigenvalue weighted by atomic mass is 19.1. The van der Waals surface area contributed by atoms with E-state index in [2.05, 4.69) is 0 Å². The van der Waals surface area contributed by atoms with Gasteiger partial charge in [-0.1, -0.05) is 13.0 Å². The molecule has 0 aromatic heterocycles. The van der Waals surface area contributed by atoms with Gasteiger partial charge in [0, 0.05) is 52.8 Å². The minimum absolute atomic E-state index is 0.0659. The molecule has 0 saturated carbocycles. The standard InChI is InChI=1S/C17H23F2N3O2/c1-12(14-5-4-13(18)11-15(14)19)10-16(23)21-6-8-22(9-7-21)17(24)20(2)3/h4-5,11-12H,6-10H2,1-3H3. The predicted molar refractivity (Wildman–Crippen MR) is 86.6 cm³/mol. The third kappa shape index (κ3) is 4.21. The molecule has 3 amide bonds. The van der Waals surface area contributed by atoms with Crippen molar-refractivity contribution in [3.8, 4) is 0 Å². The number of halogens is 2. The van der Waals surface area contributed by atoms with Gasteiger partial charge in [-0.3, -0.25) is 4.79 Å². The molecule has 0 aliphatic carbocycles. The molecule has 0 bridgehead atoms. The topological polar surface area (TPSA) is 43.9 Å².